The zero-order chi connectivity index (χ0) is 21.8. The lowest BCUT2D eigenvalue weighted by Crippen LogP contribution is -2.11. The molecule has 0 aromatic heterocycles. The molecule has 0 unspecified atom stereocenters. The van der Waals surface area contributed by atoms with Gasteiger partial charge in [-0.3, -0.25) is 9.59 Å². The lowest BCUT2D eigenvalue weighted by molar-refractivity contribution is -0.133. The van der Waals surface area contributed by atoms with E-state index >= 15 is 0 Å². The molecule has 0 aliphatic carbocycles. The van der Waals surface area contributed by atoms with Crippen LogP contribution in [0.25, 0.3) is 6.08 Å². The quantitative estimate of drug-likeness (QED) is 0.317. The van der Waals surface area contributed by atoms with Crippen LogP contribution in [0.2, 0.25) is 0 Å². The minimum absolute atomic E-state index is 0.166. The predicted octanol–water partition coefficient (Wildman–Crippen LogP) is 5.16. The number of aryl methyl sites for hydroxylation is 1. The van der Waals surface area contributed by atoms with Gasteiger partial charge in [0.05, 0.1) is 18.6 Å². The van der Waals surface area contributed by atoms with Crippen molar-refractivity contribution in [2.45, 2.75) is 20.3 Å². The Balaban J connectivity index is 1.51. The predicted molar refractivity (Wildman–Crippen MR) is 118 cm³/mol. The summed E-state index contributed by atoms with van der Waals surface area (Å²) in [4.78, 5) is 25.1. The van der Waals surface area contributed by atoms with E-state index in [2.05, 4.69) is 0 Å². The third kappa shape index (κ3) is 4.67. The van der Waals surface area contributed by atoms with E-state index in [0.717, 1.165) is 16.9 Å². The van der Waals surface area contributed by atoms with E-state index in [1.165, 1.54) is 0 Å². The molecule has 0 atom stereocenters. The zero-order valence-electron chi connectivity index (χ0n) is 17.4. The van der Waals surface area contributed by atoms with Gasteiger partial charge in [-0.25, -0.2) is 0 Å². The maximum atomic E-state index is 12.8. The number of allylic oxidation sites excluding steroid dienone is 1. The SMILES string of the molecule is CCOc1ccc(/C=C2\Oc3cc(OC(=O)Cc4ccccc4)cc(C)c3C2=O)cc1. The van der Waals surface area contributed by atoms with Gasteiger partial charge in [-0.1, -0.05) is 42.5 Å². The maximum absolute atomic E-state index is 12.8. The number of hydrogen-bond donors (Lipinski definition) is 0. The van der Waals surface area contributed by atoms with Crippen molar-refractivity contribution in [1.82, 2.24) is 0 Å². The second-order valence-corrected chi connectivity index (χ2v) is 7.19. The number of benzene rings is 3. The number of ketones is 1. The minimum Gasteiger partial charge on any atom is -0.494 e. The van der Waals surface area contributed by atoms with Crippen molar-refractivity contribution in [2.75, 3.05) is 6.61 Å². The Bertz CT molecular complexity index is 1140. The van der Waals surface area contributed by atoms with Crippen LogP contribution in [0.4, 0.5) is 0 Å². The topological polar surface area (TPSA) is 61.8 Å². The van der Waals surface area contributed by atoms with Gasteiger partial charge in [-0.15, -0.1) is 0 Å². The summed E-state index contributed by atoms with van der Waals surface area (Å²) in [7, 11) is 0. The van der Waals surface area contributed by atoms with E-state index in [-0.39, 0.29) is 23.9 Å². The van der Waals surface area contributed by atoms with Crippen molar-refractivity contribution in [3.8, 4) is 17.2 Å². The second-order valence-electron chi connectivity index (χ2n) is 7.19. The Labute approximate surface area is 180 Å². The Morgan fingerprint density at radius 2 is 1.74 bits per heavy atom. The highest BCUT2D eigenvalue weighted by Gasteiger charge is 2.30. The van der Waals surface area contributed by atoms with E-state index in [4.69, 9.17) is 14.2 Å². The van der Waals surface area contributed by atoms with Crippen molar-refractivity contribution in [3.63, 3.8) is 0 Å². The Morgan fingerprint density at radius 3 is 2.45 bits per heavy atom. The molecular formula is C26H22O5. The fraction of sp³-hybridized carbons (Fsp3) is 0.154. The van der Waals surface area contributed by atoms with Crippen molar-refractivity contribution < 1.29 is 23.8 Å². The molecule has 0 fully saturated rings. The van der Waals surface area contributed by atoms with Crippen LogP contribution in [-0.2, 0) is 11.2 Å². The molecule has 0 saturated carbocycles. The summed E-state index contributed by atoms with van der Waals surface area (Å²) in [6.45, 7) is 4.32. The van der Waals surface area contributed by atoms with Crippen LogP contribution >= 0.6 is 0 Å². The molecule has 3 aromatic rings. The van der Waals surface area contributed by atoms with E-state index < -0.39 is 0 Å². The summed E-state index contributed by atoms with van der Waals surface area (Å²) < 4.78 is 16.7. The lowest BCUT2D eigenvalue weighted by atomic mass is 10.0. The lowest BCUT2D eigenvalue weighted by Gasteiger charge is -2.08. The third-order valence-electron chi connectivity index (χ3n) is 4.86. The molecule has 0 radical (unpaired) electrons. The summed E-state index contributed by atoms with van der Waals surface area (Å²) in [5.74, 6) is 1.18. The van der Waals surface area contributed by atoms with Crippen LogP contribution in [0.1, 0.15) is 34.0 Å². The van der Waals surface area contributed by atoms with E-state index in [1.54, 1.807) is 25.1 Å². The summed E-state index contributed by atoms with van der Waals surface area (Å²) in [5.41, 5.74) is 2.88. The van der Waals surface area contributed by atoms with Gasteiger partial charge in [0.2, 0.25) is 5.78 Å². The highest BCUT2D eigenvalue weighted by molar-refractivity contribution is 6.15. The molecule has 0 bridgehead atoms. The van der Waals surface area contributed by atoms with E-state index in [9.17, 15) is 9.59 Å². The first kappa shape index (κ1) is 20.4. The molecule has 0 spiro atoms. The van der Waals surface area contributed by atoms with Crippen LogP contribution < -0.4 is 14.2 Å². The average Bonchev–Trinajstić information content (AvgIpc) is 3.06. The van der Waals surface area contributed by atoms with Crippen LogP contribution in [0, 0.1) is 6.92 Å². The summed E-state index contributed by atoms with van der Waals surface area (Å²) in [6.07, 6.45) is 1.86. The van der Waals surface area contributed by atoms with Crippen molar-refractivity contribution >= 4 is 17.8 Å². The number of fused-ring (bicyclic) bond motifs is 1. The molecule has 1 heterocycles. The van der Waals surface area contributed by atoms with Gasteiger partial charge in [0.15, 0.2) is 5.76 Å². The fourth-order valence-electron chi connectivity index (χ4n) is 3.44. The molecule has 1 aliphatic heterocycles. The van der Waals surface area contributed by atoms with Crippen molar-refractivity contribution in [1.29, 1.82) is 0 Å². The standard InChI is InChI=1S/C26H22O5/c1-3-29-20-11-9-19(10-12-20)14-23-26(28)25-17(2)13-21(16-22(25)31-23)30-24(27)15-18-7-5-4-6-8-18/h4-14,16H,3,15H2,1-2H3/b23-14-. The first-order chi connectivity index (χ1) is 15.0. The number of hydrogen-bond acceptors (Lipinski definition) is 5. The third-order valence-corrected chi connectivity index (χ3v) is 4.86. The van der Waals surface area contributed by atoms with Crippen molar-refractivity contribution in [2.24, 2.45) is 0 Å². The van der Waals surface area contributed by atoms with Gasteiger partial charge in [0, 0.05) is 6.07 Å². The first-order valence-corrected chi connectivity index (χ1v) is 10.1. The Hall–Kier alpha value is -3.86. The number of carbonyl (C=O) groups is 2. The van der Waals surface area contributed by atoms with Crippen LogP contribution in [0.15, 0.2) is 72.5 Å². The molecular weight excluding hydrogens is 392 g/mol. The van der Waals surface area contributed by atoms with Gasteiger partial charge in [-0.05, 0) is 54.8 Å². The van der Waals surface area contributed by atoms with Gasteiger partial charge in [-0.2, -0.15) is 0 Å². The van der Waals surface area contributed by atoms with E-state index in [1.807, 2.05) is 61.5 Å². The number of ether oxygens (including phenoxy) is 3. The molecule has 5 heteroatoms. The highest BCUT2D eigenvalue weighted by Crippen LogP contribution is 2.37. The number of Topliss-reactive ketones (excluding diaryl/α,β-unsaturated/α-hetero) is 1. The van der Waals surface area contributed by atoms with E-state index in [0.29, 0.717) is 29.2 Å². The molecule has 5 nitrogen and oxygen atoms in total. The van der Waals surface area contributed by atoms with Crippen LogP contribution in [0.5, 0.6) is 17.2 Å². The van der Waals surface area contributed by atoms with Crippen LogP contribution in [0.3, 0.4) is 0 Å². The first-order valence-electron chi connectivity index (χ1n) is 10.1. The van der Waals surface area contributed by atoms with Gasteiger partial charge in [0.25, 0.3) is 0 Å². The smallest absolute Gasteiger partial charge is 0.315 e. The number of carbonyl (C=O) groups excluding carboxylic acids is 2. The fourth-order valence-corrected chi connectivity index (χ4v) is 3.44. The van der Waals surface area contributed by atoms with Gasteiger partial charge < -0.3 is 14.2 Å². The summed E-state index contributed by atoms with van der Waals surface area (Å²) in [6, 6.07) is 20.1. The Kier molecular flexibility index (Phi) is 5.85. The number of rotatable bonds is 6. The van der Waals surface area contributed by atoms with Crippen LogP contribution in [-0.4, -0.2) is 18.4 Å². The molecule has 1 aliphatic rings. The number of esters is 1. The minimum atomic E-state index is -0.375. The molecule has 3 aromatic carbocycles. The summed E-state index contributed by atoms with van der Waals surface area (Å²) >= 11 is 0. The molecule has 0 saturated heterocycles. The molecule has 4 rings (SSSR count). The normalized spacial score (nSPS) is 13.6. The molecule has 0 N–H and O–H groups in total. The Morgan fingerprint density at radius 1 is 1.00 bits per heavy atom. The molecule has 31 heavy (non-hydrogen) atoms. The maximum Gasteiger partial charge on any atom is 0.315 e. The van der Waals surface area contributed by atoms with Gasteiger partial charge in [0.1, 0.15) is 17.2 Å². The highest BCUT2D eigenvalue weighted by atomic mass is 16.5. The summed E-state index contributed by atoms with van der Waals surface area (Å²) in [5, 5.41) is 0. The largest absolute Gasteiger partial charge is 0.494 e. The van der Waals surface area contributed by atoms with Gasteiger partial charge >= 0.3 is 5.97 Å². The monoisotopic (exact) mass is 414 g/mol. The zero-order valence-corrected chi connectivity index (χ0v) is 17.4. The second kappa shape index (κ2) is 8.88. The molecule has 0 amide bonds. The average molecular weight is 414 g/mol. The molecule has 156 valence electrons. The van der Waals surface area contributed by atoms with Crippen molar-refractivity contribution in [3.05, 3.63) is 94.7 Å².